The molecule has 3 rings (SSSR count). The molecule has 2 aromatic rings. The summed E-state index contributed by atoms with van der Waals surface area (Å²) in [5, 5.41) is 14.8. The van der Waals surface area contributed by atoms with Gasteiger partial charge in [0.05, 0.1) is 6.42 Å². The van der Waals surface area contributed by atoms with E-state index in [1.54, 1.807) is 0 Å². The Bertz CT molecular complexity index is 1000. The van der Waals surface area contributed by atoms with E-state index < -0.39 is 18.1 Å². The van der Waals surface area contributed by atoms with E-state index >= 15 is 0 Å². The van der Waals surface area contributed by atoms with Gasteiger partial charge < -0.3 is 20.5 Å². The van der Waals surface area contributed by atoms with Crippen LogP contribution in [0.25, 0.3) is 11.1 Å². The van der Waals surface area contributed by atoms with Crippen molar-refractivity contribution in [2.45, 2.75) is 52.5 Å². The van der Waals surface area contributed by atoms with Crippen molar-refractivity contribution in [2.24, 2.45) is 17.8 Å². The van der Waals surface area contributed by atoms with Crippen molar-refractivity contribution in [1.82, 2.24) is 10.6 Å². The van der Waals surface area contributed by atoms with Crippen LogP contribution in [-0.2, 0) is 14.3 Å². The molecule has 0 aromatic heterocycles. The van der Waals surface area contributed by atoms with Gasteiger partial charge in [-0.1, -0.05) is 76.2 Å². The van der Waals surface area contributed by atoms with Crippen molar-refractivity contribution in [3.05, 3.63) is 59.7 Å². The first-order valence-electron chi connectivity index (χ1n) is 12.3. The highest BCUT2D eigenvalue weighted by atomic mass is 16.5. The molecule has 0 spiro atoms. The van der Waals surface area contributed by atoms with E-state index in [2.05, 4.69) is 34.9 Å². The van der Waals surface area contributed by atoms with Gasteiger partial charge in [0.2, 0.25) is 5.91 Å². The second-order valence-electron chi connectivity index (χ2n) is 9.93. The number of rotatable bonds is 11. The smallest absolute Gasteiger partial charge is 0.407 e. The summed E-state index contributed by atoms with van der Waals surface area (Å²) in [4.78, 5) is 36.3. The van der Waals surface area contributed by atoms with E-state index in [0.717, 1.165) is 22.3 Å². The lowest BCUT2D eigenvalue weighted by Gasteiger charge is -2.24. The Morgan fingerprint density at radius 1 is 0.886 bits per heavy atom. The number of carboxylic acids is 1. The molecule has 1 aliphatic rings. The van der Waals surface area contributed by atoms with E-state index in [0.29, 0.717) is 6.54 Å². The van der Waals surface area contributed by atoms with Crippen LogP contribution in [0, 0.1) is 17.8 Å². The molecular formula is C28H36N2O5. The van der Waals surface area contributed by atoms with Gasteiger partial charge in [-0.3, -0.25) is 9.59 Å². The van der Waals surface area contributed by atoms with Crippen LogP contribution in [0.15, 0.2) is 48.5 Å². The SMILES string of the molecule is CC(C)C(CNC(=O)C[C@@H](NC(=O)OCC1c2ccccc2-c2ccccc21)C(C)C)CC(=O)O. The molecule has 7 heteroatoms. The number of nitrogens with one attached hydrogen (secondary N) is 2. The number of carbonyl (C=O) groups excluding carboxylic acids is 2. The van der Waals surface area contributed by atoms with Gasteiger partial charge in [-0.25, -0.2) is 4.79 Å². The van der Waals surface area contributed by atoms with Crippen LogP contribution in [0.5, 0.6) is 0 Å². The Kier molecular flexibility index (Phi) is 8.90. The molecule has 0 aliphatic heterocycles. The third-order valence-electron chi connectivity index (χ3n) is 6.80. The minimum absolute atomic E-state index is 0.00353. The number of amides is 2. The number of carboxylic acid groups (broad SMARTS) is 1. The summed E-state index contributed by atoms with van der Waals surface area (Å²) in [6.45, 7) is 8.25. The molecule has 7 nitrogen and oxygen atoms in total. The van der Waals surface area contributed by atoms with E-state index in [-0.39, 0.29) is 49.0 Å². The highest BCUT2D eigenvalue weighted by Gasteiger charge is 2.29. The monoisotopic (exact) mass is 480 g/mol. The number of hydrogen-bond donors (Lipinski definition) is 3. The molecule has 0 radical (unpaired) electrons. The third-order valence-corrected chi connectivity index (χ3v) is 6.80. The minimum atomic E-state index is -0.880. The summed E-state index contributed by atoms with van der Waals surface area (Å²) in [5.41, 5.74) is 4.61. The van der Waals surface area contributed by atoms with Crippen molar-refractivity contribution in [3.63, 3.8) is 0 Å². The largest absolute Gasteiger partial charge is 0.481 e. The van der Waals surface area contributed by atoms with Crippen LogP contribution in [-0.4, -0.2) is 42.3 Å². The molecular weight excluding hydrogens is 444 g/mol. The second-order valence-corrected chi connectivity index (χ2v) is 9.93. The summed E-state index contributed by atoms with van der Waals surface area (Å²) in [6.07, 6.45) is -0.451. The Hall–Kier alpha value is -3.35. The number of benzene rings is 2. The molecule has 0 saturated heterocycles. The number of hydrogen-bond acceptors (Lipinski definition) is 4. The van der Waals surface area contributed by atoms with Gasteiger partial charge in [-0.05, 0) is 40.0 Å². The molecule has 35 heavy (non-hydrogen) atoms. The molecule has 0 saturated carbocycles. The van der Waals surface area contributed by atoms with Gasteiger partial charge in [-0.15, -0.1) is 0 Å². The summed E-state index contributed by atoms with van der Waals surface area (Å²) >= 11 is 0. The first-order valence-corrected chi connectivity index (χ1v) is 12.3. The van der Waals surface area contributed by atoms with Crippen molar-refractivity contribution in [2.75, 3.05) is 13.2 Å². The fraction of sp³-hybridized carbons (Fsp3) is 0.464. The molecule has 1 unspecified atom stereocenters. The van der Waals surface area contributed by atoms with Gasteiger partial charge in [0.1, 0.15) is 6.61 Å². The minimum Gasteiger partial charge on any atom is -0.481 e. The fourth-order valence-electron chi connectivity index (χ4n) is 4.53. The highest BCUT2D eigenvalue weighted by molar-refractivity contribution is 5.79. The maximum atomic E-state index is 12.7. The Balaban J connectivity index is 1.55. The molecule has 0 heterocycles. The van der Waals surface area contributed by atoms with Crippen LogP contribution < -0.4 is 10.6 Å². The van der Waals surface area contributed by atoms with Crippen molar-refractivity contribution >= 4 is 18.0 Å². The molecule has 0 bridgehead atoms. The second kappa shape index (κ2) is 11.9. The van der Waals surface area contributed by atoms with Crippen LogP contribution in [0.2, 0.25) is 0 Å². The molecule has 0 fully saturated rings. The van der Waals surface area contributed by atoms with E-state index in [1.165, 1.54) is 0 Å². The van der Waals surface area contributed by atoms with Crippen LogP contribution >= 0.6 is 0 Å². The maximum Gasteiger partial charge on any atom is 0.407 e. The number of carbonyl (C=O) groups is 3. The quantitative estimate of drug-likeness (QED) is 0.428. The fourth-order valence-corrected chi connectivity index (χ4v) is 4.53. The van der Waals surface area contributed by atoms with Gasteiger partial charge in [0, 0.05) is 24.9 Å². The Morgan fingerprint density at radius 2 is 1.46 bits per heavy atom. The Labute approximate surface area is 207 Å². The maximum absolute atomic E-state index is 12.7. The first-order chi connectivity index (χ1) is 16.7. The van der Waals surface area contributed by atoms with E-state index in [1.807, 2.05) is 52.0 Å². The standard InChI is InChI=1S/C28H36N2O5/c1-17(2)19(13-27(32)33)15-29-26(31)14-25(18(3)4)30-28(34)35-16-24-22-11-7-5-9-20(22)21-10-6-8-12-23(21)24/h5-12,17-19,24-25H,13-16H2,1-4H3,(H,29,31)(H,30,34)(H,32,33)/t19?,25-/m1/s1. The predicted molar refractivity (Wildman–Crippen MR) is 135 cm³/mol. The molecule has 1 aliphatic carbocycles. The lowest BCUT2D eigenvalue weighted by molar-refractivity contribution is -0.138. The summed E-state index contributed by atoms with van der Waals surface area (Å²) in [5.74, 6) is -1.14. The zero-order chi connectivity index (χ0) is 25.5. The zero-order valence-corrected chi connectivity index (χ0v) is 20.9. The third kappa shape index (κ3) is 6.84. The summed E-state index contributed by atoms with van der Waals surface area (Å²) in [6, 6.07) is 15.9. The number of aliphatic carboxylic acids is 1. The van der Waals surface area contributed by atoms with Gasteiger partial charge in [0.15, 0.2) is 0 Å². The average Bonchev–Trinajstić information content (AvgIpc) is 3.13. The summed E-state index contributed by atoms with van der Waals surface area (Å²) < 4.78 is 5.63. The molecule has 2 amide bonds. The van der Waals surface area contributed by atoms with Gasteiger partial charge in [-0.2, -0.15) is 0 Å². The number of fused-ring (bicyclic) bond motifs is 3. The van der Waals surface area contributed by atoms with E-state index in [9.17, 15) is 14.4 Å². The lowest BCUT2D eigenvalue weighted by atomic mass is 9.92. The van der Waals surface area contributed by atoms with Crippen LogP contribution in [0.1, 0.15) is 57.6 Å². The lowest BCUT2D eigenvalue weighted by Crippen LogP contribution is -2.43. The number of ether oxygens (including phenoxy) is 1. The highest BCUT2D eigenvalue weighted by Crippen LogP contribution is 2.44. The normalized spacial score (nSPS) is 14.2. The van der Waals surface area contributed by atoms with Crippen molar-refractivity contribution in [3.8, 4) is 11.1 Å². The molecule has 188 valence electrons. The summed E-state index contributed by atoms with van der Waals surface area (Å²) in [7, 11) is 0. The number of alkyl carbamates (subject to hydrolysis) is 1. The van der Waals surface area contributed by atoms with Gasteiger partial charge in [0.25, 0.3) is 0 Å². The zero-order valence-electron chi connectivity index (χ0n) is 20.9. The molecule has 2 aromatic carbocycles. The van der Waals surface area contributed by atoms with Crippen LogP contribution in [0.4, 0.5) is 4.79 Å². The van der Waals surface area contributed by atoms with Gasteiger partial charge >= 0.3 is 12.1 Å². The van der Waals surface area contributed by atoms with E-state index in [4.69, 9.17) is 9.84 Å². The first kappa shape index (κ1) is 26.3. The van der Waals surface area contributed by atoms with Crippen molar-refractivity contribution < 1.29 is 24.2 Å². The predicted octanol–water partition coefficient (Wildman–Crippen LogP) is 4.80. The van der Waals surface area contributed by atoms with Crippen LogP contribution in [0.3, 0.4) is 0 Å². The topological polar surface area (TPSA) is 105 Å². The average molecular weight is 481 g/mol. The molecule has 2 atom stereocenters. The van der Waals surface area contributed by atoms with Crippen molar-refractivity contribution in [1.29, 1.82) is 0 Å². The Morgan fingerprint density at radius 3 is 1.97 bits per heavy atom. The molecule has 3 N–H and O–H groups in total.